The van der Waals surface area contributed by atoms with E-state index in [-0.39, 0.29) is 23.9 Å². The highest BCUT2D eigenvalue weighted by Crippen LogP contribution is 2.21. The van der Waals surface area contributed by atoms with Crippen LogP contribution in [0.1, 0.15) is 31.2 Å². The number of aryl methyl sites for hydroxylation is 1. The van der Waals surface area contributed by atoms with Gasteiger partial charge in [0.25, 0.3) is 0 Å². The van der Waals surface area contributed by atoms with Crippen molar-refractivity contribution >= 4 is 0 Å². The van der Waals surface area contributed by atoms with Gasteiger partial charge < -0.3 is 19.5 Å². The van der Waals surface area contributed by atoms with Gasteiger partial charge in [0.15, 0.2) is 5.75 Å². The zero-order valence-corrected chi connectivity index (χ0v) is 13.4. The fourth-order valence-electron chi connectivity index (χ4n) is 2.93. The molecule has 2 N–H and O–H groups in total. The lowest BCUT2D eigenvalue weighted by Gasteiger charge is -2.25. The Balaban J connectivity index is 2.32. The number of aliphatic hydroxyl groups excluding tert-OH is 1. The fourth-order valence-corrected chi connectivity index (χ4v) is 2.93. The Labute approximate surface area is 130 Å². The summed E-state index contributed by atoms with van der Waals surface area (Å²) in [6, 6.07) is 1.47. The van der Waals surface area contributed by atoms with Crippen molar-refractivity contribution in [2.75, 3.05) is 26.3 Å². The van der Waals surface area contributed by atoms with Gasteiger partial charge in [0.2, 0.25) is 5.43 Å². The maximum atomic E-state index is 11.9. The number of ether oxygens (including phenoxy) is 1. The number of aromatic nitrogens is 1. The van der Waals surface area contributed by atoms with Gasteiger partial charge in [0.05, 0.1) is 18.4 Å². The summed E-state index contributed by atoms with van der Waals surface area (Å²) in [6.45, 7) is 7.03. The van der Waals surface area contributed by atoms with E-state index in [0.717, 1.165) is 31.7 Å². The molecule has 0 aromatic carbocycles. The van der Waals surface area contributed by atoms with Crippen molar-refractivity contribution in [3.63, 3.8) is 0 Å². The molecule has 0 bridgehead atoms. The number of pyridine rings is 1. The topological polar surface area (TPSA) is 74.9 Å². The first-order valence-electron chi connectivity index (χ1n) is 7.93. The second kappa shape index (κ2) is 7.76. The molecule has 1 unspecified atom stereocenters. The van der Waals surface area contributed by atoms with E-state index in [1.807, 2.05) is 23.3 Å². The molecular formula is C16H26N2O4. The van der Waals surface area contributed by atoms with Crippen LogP contribution in [0.25, 0.3) is 0 Å². The molecule has 1 saturated heterocycles. The molecule has 6 nitrogen and oxygen atoms in total. The minimum Gasteiger partial charge on any atom is -0.503 e. The Kier molecular flexibility index (Phi) is 5.99. The second-order valence-corrected chi connectivity index (χ2v) is 5.78. The van der Waals surface area contributed by atoms with Gasteiger partial charge in [-0.3, -0.25) is 9.69 Å². The number of aliphatic hydroxyl groups is 1. The maximum absolute atomic E-state index is 11.9. The van der Waals surface area contributed by atoms with Crippen LogP contribution in [0.5, 0.6) is 5.75 Å². The summed E-state index contributed by atoms with van der Waals surface area (Å²) in [5.74, 6) is -0.194. The summed E-state index contributed by atoms with van der Waals surface area (Å²) in [5.41, 5.74) is 1.08. The van der Waals surface area contributed by atoms with E-state index in [0.29, 0.717) is 25.3 Å². The Morgan fingerprint density at radius 1 is 1.50 bits per heavy atom. The van der Waals surface area contributed by atoms with Crippen LogP contribution in [0.2, 0.25) is 0 Å². The molecule has 0 saturated carbocycles. The standard InChI is InChI=1S/C16H26N2O4/c1-3-17(6-7-19)11-14-16(21)15(20)9-12(2)18(14)10-13-5-4-8-22-13/h9,13,19,21H,3-8,10-11H2,1-2H3. The van der Waals surface area contributed by atoms with Gasteiger partial charge in [-0.25, -0.2) is 0 Å². The summed E-state index contributed by atoms with van der Waals surface area (Å²) < 4.78 is 7.66. The van der Waals surface area contributed by atoms with Crippen molar-refractivity contribution in [1.82, 2.24) is 9.47 Å². The quantitative estimate of drug-likeness (QED) is 0.781. The lowest BCUT2D eigenvalue weighted by atomic mass is 10.2. The molecule has 0 radical (unpaired) electrons. The molecule has 1 atom stereocenters. The fraction of sp³-hybridized carbons (Fsp3) is 0.688. The van der Waals surface area contributed by atoms with E-state index >= 15 is 0 Å². The molecular weight excluding hydrogens is 284 g/mol. The van der Waals surface area contributed by atoms with Gasteiger partial charge in [-0.15, -0.1) is 0 Å². The average Bonchev–Trinajstić information content (AvgIpc) is 3.00. The van der Waals surface area contributed by atoms with Crippen LogP contribution in [-0.4, -0.2) is 52.1 Å². The van der Waals surface area contributed by atoms with Crippen LogP contribution in [0.15, 0.2) is 10.9 Å². The van der Waals surface area contributed by atoms with Crippen LogP contribution in [-0.2, 0) is 17.8 Å². The number of aromatic hydroxyl groups is 1. The van der Waals surface area contributed by atoms with Crippen molar-refractivity contribution < 1.29 is 14.9 Å². The minimum absolute atomic E-state index is 0.0520. The van der Waals surface area contributed by atoms with E-state index in [2.05, 4.69) is 0 Å². The first-order chi connectivity index (χ1) is 10.6. The van der Waals surface area contributed by atoms with Crippen molar-refractivity contribution in [1.29, 1.82) is 0 Å². The summed E-state index contributed by atoms with van der Waals surface area (Å²) in [4.78, 5) is 13.9. The van der Waals surface area contributed by atoms with E-state index < -0.39 is 0 Å². The lowest BCUT2D eigenvalue weighted by Crippen LogP contribution is -2.31. The van der Waals surface area contributed by atoms with Crippen molar-refractivity contribution in [2.24, 2.45) is 0 Å². The molecule has 1 aliphatic rings. The Hall–Kier alpha value is -1.37. The summed E-state index contributed by atoms with van der Waals surface area (Å²) in [5, 5.41) is 19.4. The molecule has 0 spiro atoms. The Bertz CT molecular complexity index is 550. The summed E-state index contributed by atoms with van der Waals surface area (Å²) in [6.07, 6.45) is 2.18. The Morgan fingerprint density at radius 2 is 2.27 bits per heavy atom. The van der Waals surface area contributed by atoms with Gasteiger partial charge in [-0.2, -0.15) is 0 Å². The van der Waals surface area contributed by atoms with Crippen LogP contribution in [0, 0.1) is 6.92 Å². The van der Waals surface area contributed by atoms with Crippen LogP contribution in [0.4, 0.5) is 0 Å². The highest BCUT2D eigenvalue weighted by Gasteiger charge is 2.21. The molecule has 2 heterocycles. The molecule has 1 fully saturated rings. The zero-order valence-electron chi connectivity index (χ0n) is 13.4. The van der Waals surface area contributed by atoms with Crippen molar-refractivity contribution in [3.8, 4) is 5.75 Å². The van der Waals surface area contributed by atoms with Gasteiger partial charge >= 0.3 is 0 Å². The number of likely N-dealkylation sites (N-methyl/N-ethyl adjacent to an activating group) is 1. The third-order valence-corrected chi connectivity index (χ3v) is 4.25. The first kappa shape index (κ1) is 17.0. The maximum Gasteiger partial charge on any atom is 0.223 e. The third-order valence-electron chi connectivity index (χ3n) is 4.25. The monoisotopic (exact) mass is 310 g/mol. The molecule has 22 heavy (non-hydrogen) atoms. The van der Waals surface area contributed by atoms with Crippen LogP contribution >= 0.6 is 0 Å². The van der Waals surface area contributed by atoms with E-state index in [1.54, 1.807) is 0 Å². The highest BCUT2D eigenvalue weighted by atomic mass is 16.5. The normalized spacial score (nSPS) is 18.3. The van der Waals surface area contributed by atoms with E-state index in [4.69, 9.17) is 9.84 Å². The smallest absolute Gasteiger partial charge is 0.223 e. The van der Waals surface area contributed by atoms with Gasteiger partial charge in [-0.05, 0) is 26.3 Å². The lowest BCUT2D eigenvalue weighted by molar-refractivity contribution is 0.0942. The van der Waals surface area contributed by atoms with E-state index in [1.165, 1.54) is 6.07 Å². The largest absolute Gasteiger partial charge is 0.503 e. The number of hydrogen-bond acceptors (Lipinski definition) is 5. The molecule has 0 amide bonds. The first-order valence-corrected chi connectivity index (χ1v) is 7.93. The predicted molar refractivity (Wildman–Crippen MR) is 84.1 cm³/mol. The minimum atomic E-state index is -0.351. The summed E-state index contributed by atoms with van der Waals surface area (Å²) in [7, 11) is 0. The third kappa shape index (κ3) is 3.88. The van der Waals surface area contributed by atoms with Crippen molar-refractivity contribution in [2.45, 2.75) is 45.9 Å². The van der Waals surface area contributed by atoms with Gasteiger partial charge in [0, 0.05) is 38.0 Å². The molecule has 124 valence electrons. The summed E-state index contributed by atoms with van der Waals surface area (Å²) >= 11 is 0. The molecule has 1 aromatic heterocycles. The zero-order chi connectivity index (χ0) is 16.1. The SMILES string of the molecule is CCN(CCO)Cc1c(O)c(=O)cc(C)n1CC1CCCO1. The number of hydrogen-bond donors (Lipinski definition) is 2. The molecule has 2 rings (SSSR count). The molecule has 6 heteroatoms. The van der Waals surface area contributed by atoms with Crippen LogP contribution < -0.4 is 5.43 Å². The second-order valence-electron chi connectivity index (χ2n) is 5.78. The van der Waals surface area contributed by atoms with Gasteiger partial charge in [-0.1, -0.05) is 6.92 Å². The van der Waals surface area contributed by atoms with Gasteiger partial charge in [0.1, 0.15) is 0 Å². The Morgan fingerprint density at radius 3 is 2.86 bits per heavy atom. The molecule has 1 aliphatic heterocycles. The van der Waals surface area contributed by atoms with E-state index in [9.17, 15) is 9.90 Å². The predicted octanol–water partition coefficient (Wildman–Crippen LogP) is 0.856. The number of nitrogens with zero attached hydrogens (tertiary/aromatic N) is 2. The molecule has 0 aliphatic carbocycles. The molecule has 1 aromatic rings. The average molecular weight is 310 g/mol. The van der Waals surface area contributed by atoms with Crippen LogP contribution in [0.3, 0.4) is 0 Å². The number of rotatable bonds is 7. The highest BCUT2D eigenvalue weighted by molar-refractivity contribution is 5.30. The van der Waals surface area contributed by atoms with Crippen molar-refractivity contribution in [3.05, 3.63) is 27.7 Å².